The van der Waals surface area contributed by atoms with Gasteiger partial charge in [0.25, 0.3) is 0 Å². The molecule has 1 fully saturated rings. The number of unbranched alkanes of at least 4 members (excludes halogenated alkanes) is 1. The molecule has 31 heavy (non-hydrogen) atoms. The van der Waals surface area contributed by atoms with Crippen molar-refractivity contribution in [3.63, 3.8) is 0 Å². The largest absolute Gasteiger partial charge is 0.494 e. The van der Waals surface area contributed by atoms with Crippen LogP contribution in [0, 0.1) is 0 Å². The van der Waals surface area contributed by atoms with Crippen LogP contribution in [0.5, 0.6) is 5.75 Å². The van der Waals surface area contributed by atoms with E-state index in [-0.39, 0.29) is 13.2 Å². The molecule has 2 aromatic rings. The summed E-state index contributed by atoms with van der Waals surface area (Å²) in [5.41, 5.74) is 7.71. The minimum atomic E-state index is -1.14. The van der Waals surface area contributed by atoms with E-state index in [4.69, 9.17) is 10.5 Å². The lowest BCUT2D eigenvalue weighted by molar-refractivity contribution is 0.115. The van der Waals surface area contributed by atoms with Crippen LogP contribution >= 0.6 is 0 Å². The third-order valence-corrected chi connectivity index (χ3v) is 12.3. The zero-order chi connectivity index (χ0) is 22.0. The summed E-state index contributed by atoms with van der Waals surface area (Å²) < 4.78 is 5.98. The number of nitrogens with two attached hydrogens (primary N) is 1. The van der Waals surface area contributed by atoms with Gasteiger partial charge in [-0.1, -0.05) is 85.4 Å². The Bertz CT molecular complexity index is 756. The molecule has 1 saturated heterocycles. The van der Waals surface area contributed by atoms with Gasteiger partial charge in [0.1, 0.15) is 5.75 Å². The number of aliphatic hydroxyl groups excluding tert-OH is 2. The van der Waals surface area contributed by atoms with Gasteiger partial charge >= 0.3 is 0 Å². The van der Waals surface area contributed by atoms with Crippen LogP contribution < -0.4 is 10.5 Å². The Morgan fingerprint density at radius 1 is 0.871 bits per heavy atom. The Morgan fingerprint density at radius 3 is 2.19 bits per heavy atom. The van der Waals surface area contributed by atoms with Gasteiger partial charge in [0, 0.05) is 0 Å². The van der Waals surface area contributed by atoms with Crippen LogP contribution in [0.2, 0.25) is 18.1 Å². The molecule has 0 amide bonds. The number of rotatable bonds is 13. The van der Waals surface area contributed by atoms with E-state index in [1.807, 2.05) is 24.3 Å². The molecule has 0 unspecified atom stereocenters. The van der Waals surface area contributed by atoms with Crippen LogP contribution in [0.1, 0.15) is 43.2 Å². The molecule has 4 nitrogen and oxygen atoms in total. The smallest absolute Gasteiger partial charge is 0.119 e. The summed E-state index contributed by atoms with van der Waals surface area (Å²) >= 11 is 0. The van der Waals surface area contributed by atoms with Gasteiger partial charge in [0.2, 0.25) is 0 Å². The lowest BCUT2D eigenvalue weighted by Gasteiger charge is -2.27. The molecule has 0 bridgehead atoms. The van der Waals surface area contributed by atoms with Gasteiger partial charge in [-0.2, -0.15) is 0 Å². The first kappa shape index (κ1) is 24.0. The predicted molar refractivity (Wildman–Crippen MR) is 130 cm³/mol. The number of benzene rings is 2. The van der Waals surface area contributed by atoms with Gasteiger partial charge in [0.15, 0.2) is 0 Å². The number of hydrogen-bond donors (Lipinski definition) is 3. The molecule has 0 saturated carbocycles. The highest BCUT2D eigenvalue weighted by Crippen LogP contribution is 2.37. The molecular formula is C26H39NO3Si. The van der Waals surface area contributed by atoms with Crippen LogP contribution in [-0.4, -0.2) is 43.6 Å². The average molecular weight is 442 g/mol. The van der Waals surface area contributed by atoms with Gasteiger partial charge in [-0.15, -0.1) is 0 Å². The first-order chi connectivity index (χ1) is 15.1. The zero-order valence-electron chi connectivity index (χ0n) is 18.8. The number of aryl methyl sites for hydroxylation is 1. The summed E-state index contributed by atoms with van der Waals surface area (Å²) in [4.78, 5) is 0. The molecule has 1 heterocycles. The molecule has 4 N–H and O–H groups in total. The quantitative estimate of drug-likeness (QED) is 0.316. The van der Waals surface area contributed by atoms with E-state index in [1.165, 1.54) is 49.0 Å². The predicted octanol–water partition coefficient (Wildman–Crippen LogP) is 4.48. The molecule has 3 rings (SSSR count). The second-order valence-electron chi connectivity index (χ2n) is 9.50. The fourth-order valence-electron chi connectivity index (χ4n) is 4.81. The minimum absolute atomic E-state index is 0.208. The molecule has 1 aliphatic rings. The van der Waals surface area contributed by atoms with E-state index in [0.29, 0.717) is 6.42 Å². The fourth-order valence-corrected chi connectivity index (χ4v) is 10.2. The van der Waals surface area contributed by atoms with Crippen LogP contribution in [0.3, 0.4) is 0 Å². The molecule has 2 aromatic carbocycles. The van der Waals surface area contributed by atoms with Gasteiger partial charge in [-0.25, -0.2) is 0 Å². The van der Waals surface area contributed by atoms with Crippen molar-refractivity contribution in [1.82, 2.24) is 0 Å². The van der Waals surface area contributed by atoms with E-state index < -0.39 is 13.6 Å². The van der Waals surface area contributed by atoms with E-state index in [2.05, 4.69) is 30.3 Å². The standard InChI is InChI=1S/C26H39NO3Si/c27-26(21-28,22-29)15-14-23-10-12-25(13-11-23)30-16-4-5-17-31(18-6-7-19-31)20-24-8-2-1-3-9-24/h1-3,8-13,28-29H,4-7,14-22,27H2. The Morgan fingerprint density at radius 2 is 1.55 bits per heavy atom. The molecule has 0 aliphatic carbocycles. The number of hydrogen-bond acceptors (Lipinski definition) is 4. The van der Waals surface area contributed by atoms with Crippen molar-refractivity contribution in [2.24, 2.45) is 5.73 Å². The molecule has 0 atom stereocenters. The Hall–Kier alpha value is -1.66. The topological polar surface area (TPSA) is 75.7 Å². The van der Waals surface area contributed by atoms with Crippen molar-refractivity contribution in [2.45, 2.75) is 68.2 Å². The maximum absolute atomic E-state index is 9.30. The van der Waals surface area contributed by atoms with Gasteiger partial charge in [-0.3, -0.25) is 0 Å². The highest BCUT2D eigenvalue weighted by Gasteiger charge is 2.35. The second-order valence-corrected chi connectivity index (χ2v) is 14.4. The molecule has 0 radical (unpaired) electrons. The van der Waals surface area contributed by atoms with Crippen molar-refractivity contribution >= 4 is 8.07 Å². The molecule has 0 spiro atoms. The van der Waals surface area contributed by atoms with E-state index in [0.717, 1.165) is 30.8 Å². The second kappa shape index (κ2) is 11.8. The third kappa shape index (κ3) is 7.46. The third-order valence-electron chi connectivity index (χ3n) is 6.92. The average Bonchev–Trinajstić information content (AvgIpc) is 3.27. The van der Waals surface area contributed by atoms with E-state index >= 15 is 0 Å². The van der Waals surface area contributed by atoms with Gasteiger partial charge in [0.05, 0.1) is 33.4 Å². The summed E-state index contributed by atoms with van der Waals surface area (Å²) in [7, 11) is -1.14. The van der Waals surface area contributed by atoms with Crippen LogP contribution in [-0.2, 0) is 12.5 Å². The summed E-state index contributed by atoms with van der Waals surface area (Å²) in [6.45, 7) is 0.358. The summed E-state index contributed by atoms with van der Waals surface area (Å²) in [6.07, 6.45) is 6.54. The molecule has 1 aliphatic heterocycles. The summed E-state index contributed by atoms with van der Waals surface area (Å²) in [5, 5.41) is 18.6. The Kier molecular flexibility index (Phi) is 9.14. The maximum Gasteiger partial charge on any atom is 0.119 e. The molecular weight excluding hydrogens is 402 g/mol. The maximum atomic E-state index is 9.30. The van der Waals surface area contributed by atoms with E-state index in [1.54, 1.807) is 0 Å². The number of aliphatic hydroxyl groups is 2. The summed E-state index contributed by atoms with van der Waals surface area (Å²) in [5.74, 6) is 0.907. The zero-order valence-corrected chi connectivity index (χ0v) is 19.8. The highest BCUT2D eigenvalue weighted by molar-refractivity contribution is 6.80. The first-order valence-electron chi connectivity index (χ1n) is 11.8. The van der Waals surface area contributed by atoms with Crippen LogP contribution in [0.4, 0.5) is 0 Å². The van der Waals surface area contributed by atoms with Crippen molar-refractivity contribution < 1.29 is 14.9 Å². The molecule has 170 valence electrons. The van der Waals surface area contributed by atoms with Gasteiger partial charge < -0.3 is 20.7 Å². The molecule has 5 heteroatoms. The highest BCUT2D eigenvalue weighted by atomic mass is 28.3. The summed E-state index contributed by atoms with van der Waals surface area (Å²) in [6, 6.07) is 25.0. The van der Waals surface area contributed by atoms with Crippen molar-refractivity contribution in [2.75, 3.05) is 19.8 Å². The monoisotopic (exact) mass is 441 g/mol. The normalized spacial score (nSPS) is 15.8. The number of ether oxygens (including phenoxy) is 1. The van der Waals surface area contributed by atoms with Crippen LogP contribution in [0.15, 0.2) is 54.6 Å². The van der Waals surface area contributed by atoms with E-state index in [9.17, 15) is 10.2 Å². The Labute approximate surface area is 188 Å². The minimum Gasteiger partial charge on any atom is -0.494 e. The first-order valence-corrected chi connectivity index (χ1v) is 14.7. The lowest BCUT2D eigenvalue weighted by Crippen LogP contribution is -2.47. The SMILES string of the molecule is NC(CO)(CO)CCc1ccc(OCCCC[Si]2(Cc3ccccc3)CCCC2)cc1. The molecule has 0 aromatic heterocycles. The van der Waals surface area contributed by atoms with Crippen molar-refractivity contribution in [3.8, 4) is 5.75 Å². The van der Waals surface area contributed by atoms with Gasteiger partial charge in [-0.05, 0) is 43.0 Å². The van der Waals surface area contributed by atoms with Crippen LogP contribution in [0.25, 0.3) is 0 Å². The van der Waals surface area contributed by atoms with Crippen molar-refractivity contribution in [3.05, 3.63) is 65.7 Å². The van der Waals surface area contributed by atoms with Crippen molar-refractivity contribution in [1.29, 1.82) is 0 Å². The lowest BCUT2D eigenvalue weighted by atomic mass is 9.94. The fraction of sp³-hybridized carbons (Fsp3) is 0.538. The Balaban J connectivity index is 1.38.